The average Bonchev–Trinajstić information content (AvgIpc) is 2.62. The topological polar surface area (TPSA) is 86.7 Å². The molecule has 1 N–H and O–H groups in total. The summed E-state index contributed by atoms with van der Waals surface area (Å²) >= 11 is 0. The van der Waals surface area contributed by atoms with Crippen molar-refractivity contribution in [2.45, 2.75) is 63.2 Å². The second kappa shape index (κ2) is 13.0. The molecular weight excluding hydrogens is 403 g/mol. The maximum atomic E-state index is 12.1. The molecule has 0 aromatic heterocycles. The molecule has 0 spiro atoms. The van der Waals surface area contributed by atoms with Crippen LogP contribution in [0.5, 0.6) is 17.2 Å². The molecule has 5 nitrogen and oxygen atoms in total. The normalized spacial score (nSPS) is 11.1. The Bertz CT molecular complexity index is 822. The molecule has 28 heavy (non-hydrogen) atoms. The van der Waals surface area contributed by atoms with Crippen molar-refractivity contribution in [2.75, 3.05) is 0 Å². The van der Waals surface area contributed by atoms with Crippen LogP contribution in [0.3, 0.4) is 0 Å². The monoisotopic (exact) mass is 430 g/mol. The molecule has 0 amide bonds. The van der Waals surface area contributed by atoms with Gasteiger partial charge in [0.05, 0.1) is 4.90 Å². The minimum Gasteiger partial charge on any atom is -0.872 e. The summed E-state index contributed by atoms with van der Waals surface area (Å²) in [6.07, 6.45) is 8.62. The van der Waals surface area contributed by atoms with Gasteiger partial charge < -0.3 is 9.84 Å². The molecule has 0 aliphatic carbocycles. The molecule has 0 saturated heterocycles. The second-order valence-corrected chi connectivity index (χ2v) is 8.06. The molecule has 2 aromatic rings. The molecule has 2 aromatic carbocycles. The molecule has 0 radical (unpaired) electrons. The zero-order valence-electron chi connectivity index (χ0n) is 16.7. The van der Waals surface area contributed by atoms with Gasteiger partial charge in [-0.1, -0.05) is 75.5 Å². The van der Waals surface area contributed by atoms with Gasteiger partial charge in [0.1, 0.15) is 11.5 Å². The smallest absolute Gasteiger partial charge is 0.872 e. The predicted molar refractivity (Wildman–Crippen MR) is 104 cm³/mol. The number of hydrogen-bond acceptors (Lipinski definition) is 4. The Morgan fingerprint density at radius 1 is 0.964 bits per heavy atom. The number of para-hydroxylation sites is 1. The Labute approximate surface area is 210 Å². The largest absolute Gasteiger partial charge is 1.00 e. The summed E-state index contributed by atoms with van der Waals surface area (Å²) in [7, 11) is -4.60. The molecule has 2 rings (SSSR count). The van der Waals surface area contributed by atoms with Crippen molar-refractivity contribution in [3.05, 3.63) is 48.0 Å². The van der Waals surface area contributed by atoms with E-state index < -0.39 is 20.8 Å². The maximum absolute atomic E-state index is 12.1. The second-order valence-electron chi connectivity index (χ2n) is 6.67. The minimum atomic E-state index is -4.60. The average molecular weight is 431 g/mol. The predicted octanol–water partition coefficient (Wildman–Crippen LogP) is 2.10. The molecular formula is C21H27KO5S. The van der Waals surface area contributed by atoms with Gasteiger partial charge in [-0.2, -0.15) is 8.42 Å². The van der Waals surface area contributed by atoms with E-state index in [1.807, 2.05) is 6.07 Å². The van der Waals surface area contributed by atoms with Crippen molar-refractivity contribution in [3.63, 3.8) is 0 Å². The van der Waals surface area contributed by atoms with Crippen LogP contribution >= 0.6 is 0 Å². The van der Waals surface area contributed by atoms with E-state index in [2.05, 4.69) is 6.92 Å². The molecule has 0 fully saturated rings. The third-order valence-electron chi connectivity index (χ3n) is 4.43. The Morgan fingerprint density at radius 3 is 2.18 bits per heavy atom. The number of hydrogen-bond donors (Lipinski definition) is 1. The molecule has 0 heterocycles. The first-order chi connectivity index (χ1) is 12.9. The van der Waals surface area contributed by atoms with Gasteiger partial charge >= 0.3 is 51.4 Å². The SMILES string of the molecule is CCCCCCCCCc1cc([O-])c(S(=O)(=O)O)cc1Oc1ccccc1.[K+]. The van der Waals surface area contributed by atoms with Crippen LogP contribution in [0, 0.1) is 0 Å². The minimum absolute atomic E-state index is 0. The first kappa shape index (κ1) is 25.6. The van der Waals surface area contributed by atoms with E-state index >= 15 is 0 Å². The standard InChI is InChI=1S/C21H28O5S.K/c1-2-3-4-5-6-7-9-12-17-15-19(22)21(27(23,24)25)16-20(17)26-18-13-10-8-11-14-18;/h8,10-11,13-16,22H,2-7,9,12H2,1H3,(H,23,24,25);/q;+1/p-1. The van der Waals surface area contributed by atoms with Gasteiger partial charge in [-0.3, -0.25) is 4.55 Å². The quantitative estimate of drug-likeness (QED) is 0.335. The maximum Gasteiger partial charge on any atom is 1.00 e. The van der Waals surface area contributed by atoms with E-state index in [0.717, 1.165) is 25.3 Å². The first-order valence-corrected chi connectivity index (χ1v) is 10.9. The van der Waals surface area contributed by atoms with Crippen molar-refractivity contribution in [1.82, 2.24) is 0 Å². The molecule has 7 heteroatoms. The van der Waals surface area contributed by atoms with E-state index in [0.29, 0.717) is 23.5 Å². The fourth-order valence-corrected chi connectivity index (χ4v) is 3.53. The van der Waals surface area contributed by atoms with Gasteiger partial charge in [0.15, 0.2) is 0 Å². The van der Waals surface area contributed by atoms with Crippen molar-refractivity contribution >= 4 is 10.1 Å². The Balaban J connectivity index is 0.00000392. The molecule has 0 aliphatic rings. The van der Waals surface area contributed by atoms with Crippen LogP contribution in [-0.4, -0.2) is 13.0 Å². The number of ether oxygens (including phenoxy) is 1. The van der Waals surface area contributed by atoms with Gasteiger partial charge in [-0.15, -0.1) is 0 Å². The van der Waals surface area contributed by atoms with Crippen molar-refractivity contribution in [3.8, 4) is 17.2 Å². The summed E-state index contributed by atoms with van der Waals surface area (Å²) in [5, 5.41) is 12.1. The molecule has 0 bridgehead atoms. The van der Waals surface area contributed by atoms with E-state index in [9.17, 15) is 18.1 Å². The Kier molecular flexibility index (Phi) is 11.9. The van der Waals surface area contributed by atoms with Gasteiger partial charge in [-0.05, 0) is 30.5 Å². The van der Waals surface area contributed by atoms with Crippen molar-refractivity contribution in [2.24, 2.45) is 0 Å². The molecule has 148 valence electrons. The zero-order valence-corrected chi connectivity index (χ0v) is 20.6. The van der Waals surface area contributed by atoms with Crippen LogP contribution in [0.1, 0.15) is 57.4 Å². The van der Waals surface area contributed by atoms with Crippen molar-refractivity contribution < 1.29 is 74.2 Å². The van der Waals surface area contributed by atoms with Gasteiger partial charge in [-0.25, -0.2) is 0 Å². The van der Waals surface area contributed by atoms with Gasteiger partial charge in [0.2, 0.25) is 0 Å². The fraction of sp³-hybridized carbons (Fsp3) is 0.429. The number of aryl methyl sites for hydroxylation is 1. The molecule has 0 aliphatic heterocycles. The van der Waals surface area contributed by atoms with Crippen LogP contribution in [0.2, 0.25) is 0 Å². The van der Waals surface area contributed by atoms with Crippen LogP contribution in [-0.2, 0) is 16.5 Å². The Morgan fingerprint density at radius 2 is 1.57 bits per heavy atom. The molecule has 0 saturated carbocycles. The van der Waals surface area contributed by atoms with E-state index in [4.69, 9.17) is 4.74 Å². The third kappa shape index (κ3) is 8.53. The summed E-state index contributed by atoms with van der Waals surface area (Å²) in [4.78, 5) is -0.656. The summed E-state index contributed by atoms with van der Waals surface area (Å²) in [6, 6.07) is 11.3. The number of benzene rings is 2. The first-order valence-electron chi connectivity index (χ1n) is 9.46. The van der Waals surface area contributed by atoms with Gasteiger partial charge in [0.25, 0.3) is 10.1 Å². The third-order valence-corrected chi connectivity index (χ3v) is 5.30. The Hall–Kier alpha value is -0.414. The summed E-state index contributed by atoms with van der Waals surface area (Å²) < 4.78 is 38.0. The molecule has 0 unspecified atom stereocenters. The number of unbranched alkanes of at least 4 members (excludes halogenated alkanes) is 6. The van der Waals surface area contributed by atoms with Crippen LogP contribution in [0.4, 0.5) is 0 Å². The van der Waals surface area contributed by atoms with Crippen LogP contribution in [0.15, 0.2) is 47.4 Å². The summed E-state index contributed by atoms with van der Waals surface area (Å²) in [5.41, 5.74) is 0.657. The molecule has 0 atom stereocenters. The van der Waals surface area contributed by atoms with E-state index in [1.54, 1.807) is 24.3 Å². The van der Waals surface area contributed by atoms with E-state index in [1.165, 1.54) is 31.7 Å². The van der Waals surface area contributed by atoms with E-state index in [-0.39, 0.29) is 51.4 Å². The van der Waals surface area contributed by atoms with Gasteiger partial charge in [0, 0.05) is 6.07 Å². The zero-order chi connectivity index (χ0) is 19.7. The van der Waals surface area contributed by atoms with Crippen LogP contribution in [0.25, 0.3) is 0 Å². The summed E-state index contributed by atoms with van der Waals surface area (Å²) in [5.74, 6) is 0.119. The van der Waals surface area contributed by atoms with Crippen molar-refractivity contribution in [1.29, 1.82) is 0 Å². The summed E-state index contributed by atoms with van der Waals surface area (Å²) in [6.45, 7) is 2.19. The fourth-order valence-electron chi connectivity index (χ4n) is 2.96. The number of rotatable bonds is 11. The van der Waals surface area contributed by atoms with Crippen LogP contribution < -0.4 is 61.2 Å².